The highest BCUT2D eigenvalue weighted by Gasteiger charge is 2.05. The Kier molecular flexibility index (Phi) is 7.94. The fourth-order valence-electron chi connectivity index (χ4n) is 2.05. The number of carbonyl (C=O) groups is 2. The Balaban J connectivity index is 2.15. The Morgan fingerprint density at radius 3 is 2.62 bits per heavy atom. The molecule has 1 rings (SSSR count). The molecule has 21 heavy (non-hydrogen) atoms. The van der Waals surface area contributed by atoms with Gasteiger partial charge in [-0.25, -0.2) is 0 Å². The van der Waals surface area contributed by atoms with Crippen molar-refractivity contribution in [2.75, 3.05) is 13.7 Å². The van der Waals surface area contributed by atoms with Crippen molar-refractivity contribution < 1.29 is 19.4 Å². The Hall–Kier alpha value is -2.04. The summed E-state index contributed by atoms with van der Waals surface area (Å²) in [6.45, 7) is 0.602. The molecule has 1 amide bonds. The summed E-state index contributed by atoms with van der Waals surface area (Å²) in [5, 5.41) is 11.4. The monoisotopic (exact) mass is 293 g/mol. The van der Waals surface area contributed by atoms with Gasteiger partial charge in [-0.3, -0.25) is 9.59 Å². The lowest BCUT2D eigenvalue weighted by Gasteiger charge is -2.08. The molecular formula is C16H23NO4. The molecule has 0 atom stereocenters. The number of para-hydroxylation sites is 1. The first-order valence-corrected chi connectivity index (χ1v) is 7.24. The number of aryl methyl sites for hydroxylation is 1. The summed E-state index contributed by atoms with van der Waals surface area (Å²) >= 11 is 0. The normalized spacial score (nSPS) is 10.1. The van der Waals surface area contributed by atoms with E-state index in [1.54, 1.807) is 7.11 Å². The molecule has 0 bridgehead atoms. The van der Waals surface area contributed by atoms with Crippen molar-refractivity contribution in [2.45, 2.75) is 38.5 Å². The highest BCUT2D eigenvalue weighted by atomic mass is 16.5. The van der Waals surface area contributed by atoms with Gasteiger partial charge in [-0.15, -0.1) is 0 Å². The average molecular weight is 293 g/mol. The van der Waals surface area contributed by atoms with E-state index >= 15 is 0 Å². The quantitative estimate of drug-likeness (QED) is 0.649. The summed E-state index contributed by atoms with van der Waals surface area (Å²) in [6, 6.07) is 7.67. The number of carboxylic acids is 1. The minimum absolute atomic E-state index is 0.0131. The van der Waals surface area contributed by atoms with Crippen LogP contribution in [0, 0.1) is 0 Å². The summed E-state index contributed by atoms with van der Waals surface area (Å²) in [4.78, 5) is 22.0. The fourth-order valence-corrected chi connectivity index (χ4v) is 2.05. The first-order chi connectivity index (χ1) is 10.1. The third-order valence-corrected chi connectivity index (χ3v) is 3.20. The van der Waals surface area contributed by atoms with Crippen molar-refractivity contribution in [1.29, 1.82) is 0 Å². The summed E-state index contributed by atoms with van der Waals surface area (Å²) in [6.07, 6.45) is 3.56. The fraction of sp³-hybridized carbons (Fsp3) is 0.500. The minimum Gasteiger partial charge on any atom is -0.496 e. The Labute approximate surface area is 125 Å². The van der Waals surface area contributed by atoms with E-state index < -0.39 is 5.97 Å². The first-order valence-electron chi connectivity index (χ1n) is 7.24. The molecule has 1 aromatic carbocycles. The SMILES string of the molecule is COc1ccccc1CCC(=O)NCCCCCC(=O)O. The molecule has 0 aliphatic heterocycles. The van der Waals surface area contributed by atoms with Crippen molar-refractivity contribution in [2.24, 2.45) is 0 Å². The Bertz CT molecular complexity index is 459. The lowest BCUT2D eigenvalue weighted by Crippen LogP contribution is -2.24. The van der Waals surface area contributed by atoms with Crippen LogP contribution in [0.1, 0.15) is 37.7 Å². The predicted molar refractivity (Wildman–Crippen MR) is 80.4 cm³/mol. The molecule has 2 N–H and O–H groups in total. The number of hydrogen-bond donors (Lipinski definition) is 2. The van der Waals surface area contributed by atoms with Crippen LogP contribution in [-0.4, -0.2) is 30.6 Å². The second-order valence-electron chi connectivity index (χ2n) is 4.87. The Morgan fingerprint density at radius 2 is 1.90 bits per heavy atom. The van der Waals surface area contributed by atoms with Crippen LogP contribution in [0.25, 0.3) is 0 Å². The number of ether oxygens (including phenoxy) is 1. The maximum absolute atomic E-state index is 11.7. The number of carboxylic acid groups (broad SMARTS) is 1. The third kappa shape index (κ3) is 7.34. The van der Waals surface area contributed by atoms with Crippen molar-refractivity contribution in [3.63, 3.8) is 0 Å². The standard InChI is InChI=1S/C16H23NO4/c1-21-14-8-5-4-7-13(14)10-11-15(18)17-12-6-2-3-9-16(19)20/h4-5,7-8H,2-3,6,9-12H2,1H3,(H,17,18)(H,19,20). The van der Waals surface area contributed by atoms with Crippen LogP contribution < -0.4 is 10.1 Å². The van der Waals surface area contributed by atoms with Crippen LogP contribution in [0.15, 0.2) is 24.3 Å². The van der Waals surface area contributed by atoms with Gasteiger partial charge >= 0.3 is 5.97 Å². The van der Waals surface area contributed by atoms with E-state index in [9.17, 15) is 9.59 Å². The maximum Gasteiger partial charge on any atom is 0.303 e. The number of amides is 1. The van der Waals surface area contributed by atoms with Crippen molar-refractivity contribution in [1.82, 2.24) is 5.32 Å². The summed E-state index contributed by atoms with van der Waals surface area (Å²) in [7, 11) is 1.62. The second-order valence-corrected chi connectivity index (χ2v) is 4.87. The maximum atomic E-state index is 11.7. The molecule has 0 aromatic heterocycles. The molecule has 5 nitrogen and oxygen atoms in total. The number of nitrogens with one attached hydrogen (secondary N) is 1. The minimum atomic E-state index is -0.768. The lowest BCUT2D eigenvalue weighted by molar-refractivity contribution is -0.137. The topological polar surface area (TPSA) is 75.6 Å². The molecule has 0 fully saturated rings. The van der Waals surface area contributed by atoms with E-state index in [1.807, 2.05) is 24.3 Å². The van der Waals surface area contributed by atoms with Crippen LogP contribution in [0.2, 0.25) is 0 Å². The molecule has 0 saturated heterocycles. The van der Waals surface area contributed by atoms with Gasteiger partial charge in [0.05, 0.1) is 7.11 Å². The van der Waals surface area contributed by atoms with Gasteiger partial charge in [-0.05, 0) is 30.9 Å². The van der Waals surface area contributed by atoms with Crippen molar-refractivity contribution in [3.05, 3.63) is 29.8 Å². The van der Waals surface area contributed by atoms with Crippen molar-refractivity contribution >= 4 is 11.9 Å². The molecular weight excluding hydrogens is 270 g/mol. The Morgan fingerprint density at radius 1 is 1.14 bits per heavy atom. The molecule has 0 aliphatic rings. The number of carbonyl (C=O) groups excluding carboxylic acids is 1. The molecule has 0 spiro atoms. The van der Waals surface area contributed by atoms with Gasteiger partial charge in [0, 0.05) is 19.4 Å². The van der Waals surface area contributed by atoms with Crippen LogP contribution in [0.3, 0.4) is 0 Å². The zero-order chi connectivity index (χ0) is 15.5. The third-order valence-electron chi connectivity index (χ3n) is 3.20. The summed E-state index contributed by atoms with van der Waals surface area (Å²) in [5.41, 5.74) is 1.02. The zero-order valence-corrected chi connectivity index (χ0v) is 12.4. The predicted octanol–water partition coefficient (Wildman–Crippen LogP) is 2.39. The number of aliphatic carboxylic acids is 1. The van der Waals surface area contributed by atoms with E-state index in [0.29, 0.717) is 25.8 Å². The number of hydrogen-bond acceptors (Lipinski definition) is 3. The van der Waals surface area contributed by atoms with E-state index in [-0.39, 0.29) is 12.3 Å². The smallest absolute Gasteiger partial charge is 0.303 e. The summed E-state index contributed by atoms with van der Waals surface area (Å²) in [5.74, 6) is 0.0500. The zero-order valence-electron chi connectivity index (χ0n) is 12.4. The molecule has 5 heteroatoms. The molecule has 1 aromatic rings. The number of benzene rings is 1. The highest BCUT2D eigenvalue weighted by molar-refractivity contribution is 5.76. The van der Waals surface area contributed by atoms with Crippen LogP contribution >= 0.6 is 0 Å². The molecule has 0 aliphatic carbocycles. The van der Waals surface area contributed by atoms with Gasteiger partial charge in [0.1, 0.15) is 5.75 Å². The molecule has 0 saturated carbocycles. The van der Waals surface area contributed by atoms with Gasteiger partial charge < -0.3 is 15.2 Å². The number of unbranched alkanes of at least 4 members (excludes halogenated alkanes) is 2. The average Bonchev–Trinajstić information content (AvgIpc) is 2.48. The second kappa shape index (κ2) is 9.80. The van der Waals surface area contributed by atoms with E-state index in [1.165, 1.54) is 0 Å². The molecule has 116 valence electrons. The van der Waals surface area contributed by atoms with Crippen LogP contribution in [0.5, 0.6) is 5.75 Å². The van der Waals surface area contributed by atoms with E-state index in [2.05, 4.69) is 5.32 Å². The first kappa shape index (κ1) is 17.0. The molecule has 0 unspecified atom stereocenters. The molecule has 0 heterocycles. The van der Waals surface area contributed by atoms with E-state index in [4.69, 9.17) is 9.84 Å². The van der Waals surface area contributed by atoms with Crippen molar-refractivity contribution in [3.8, 4) is 5.75 Å². The van der Waals surface area contributed by atoms with Gasteiger partial charge in [0.2, 0.25) is 5.91 Å². The van der Waals surface area contributed by atoms with Gasteiger partial charge in [0.15, 0.2) is 0 Å². The summed E-state index contributed by atoms with van der Waals surface area (Å²) < 4.78 is 5.24. The number of methoxy groups -OCH3 is 1. The van der Waals surface area contributed by atoms with Gasteiger partial charge in [-0.2, -0.15) is 0 Å². The number of rotatable bonds is 10. The highest BCUT2D eigenvalue weighted by Crippen LogP contribution is 2.18. The van der Waals surface area contributed by atoms with Gasteiger partial charge in [0.25, 0.3) is 0 Å². The van der Waals surface area contributed by atoms with Crippen LogP contribution in [-0.2, 0) is 16.0 Å². The largest absolute Gasteiger partial charge is 0.496 e. The lowest BCUT2D eigenvalue weighted by atomic mass is 10.1. The van der Waals surface area contributed by atoms with Gasteiger partial charge in [-0.1, -0.05) is 24.6 Å². The molecule has 0 radical (unpaired) electrons. The van der Waals surface area contributed by atoms with E-state index in [0.717, 1.165) is 24.2 Å². The van der Waals surface area contributed by atoms with Crippen LogP contribution in [0.4, 0.5) is 0 Å².